The van der Waals surface area contributed by atoms with Crippen LogP contribution < -0.4 is 10.2 Å². The summed E-state index contributed by atoms with van der Waals surface area (Å²) in [7, 11) is 2.03. The van der Waals surface area contributed by atoms with Crippen molar-refractivity contribution < 1.29 is 9.53 Å². The molecule has 0 aliphatic carbocycles. The van der Waals surface area contributed by atoms with Gasteiger partial charge in [-0.05, 0) is 30.4 Å². The van der Waals surface area contributed by atoms with Crippen LogP contribution in [0, 0.1) is 5.92 Å². The van der Waals surface area contributed by atoms with E-state index < -0.39 is 0 Å². The molecule has 3 aliphatic rings. The predicted octanol–water partition coefficient (Wildman–Crippen LogP) is 2.14. The van der Waals surface area contributed by atoms with E-state index in [0.29, 0.717) is 25.3 Å². The number of nitrogens with one attached hydrogen (secondary N) is 1. The monoisotopic (exact) mass is 340 g/mol. The van der Waals surface area contributed by atoms with Gasteiger partial charge in [0.05, 0.1) is 19.0 Å². The first-order chi connectivity index (χ1) is 12.2. The highest BCUT2D eigenvalue weighted by Gasteiger charge is 2.30. The van der Waals surface area contributed by atoms with Gasteiger partial charge in [-0.15, -0.1) is 0 Å². The van der Waals surface area contributed by atoms with E-state index in [-0.39, 0.29) is 11.9 Å². The number of benzene rings is 1. The molecule has 0 bridgehead atoms. The summed E-state index contributed by atoms with van der Waals surface area (Å²) in [4.78, 5) is 23.8. The van der Waals surface area contributed by atoms with Gasteiger partial charge in [-0.25, -0.2) is 0 Å². The van der Waals surface area contributed by atoms with Crippen LogP contribution in [-0.2, 0) is 16.1 Å². The summed E-state index contributed by atoms with van der Waals surface area (Å²) < 4.78 is 5.44. The number of ether oxygens (including phenoxy) is 1. The molecule has 1 unspecified atom stereocenters. The van der Waals surface area contributed by atoms with Crippen molar-refractivity contribution in [2.75, 3.05) is 25.2 Å². The topological polar surface area (TPSA) is 66.3 Å². The van der Waals surface area contributed by atoms with Crippen LogP contribution in [-0.4, -0.2) is 43.9 Å². The molecule has 0 spiro atoms. The number of carbonyl (C=O) groups excluding carboxylic acids is 1. The Labute approximate surface area is 148 Å². The molecule has 0 aromatic heterocycles. The minimum Gasteiger partial charge on any atom is -0.381 e. The number of amides is 1. The average Bonchev–Trinajstić information content (AvgIpc) is 2.64. The summed E-state index contributed by atoms with van der Waals surface area (Å²) in [6.45, 7) is 2.24. The van der Waals surface area contributed by atoms with Gasteiger partial charge in [-0.3, -0.25) is 14.8 Å². The summed E-state index contributed by atoms with van der Waals surface area (Å²) in [5.74, 6) is 2.21. The Bertz CT molecular complexity index is 722. The number of rotatable bonds is 3. The van der Waals surface area contributed by atoms with E-state index in [0.717, 1.165) is 37.7 Å². The number of fused-ring (bicyclic) bond motifs is 1. The molecule has 1 aromatic rings. The molecule has 0 radical (unpaired) electrons. The van der Waals surface area contributed by atoms with Crippen molar-refractivity contribution in [2.24, 2.45) is 15.9 Å². The average molecular weight is 340 g/mol. The van der Waals surface area contributed by atoms with Crippen LogP contribution >= 0.6 is 0 Å². The zero-order valence-corrected chi connectivity index (χ0v) is 14.6. The SMILES string of the molecule is CN1C(CC2=NC(C3CCOCC3)CC(=O)N2)=NCc2ccccc21. The maximum atomic E-state index is 12.2. The second-order valence-corrected chi connectivity index (χ2v) is 6.94. The molecule has 0 saturated carbocycles. The number of nitrogens with zero attached hydrogens (tertiary/aromatic N) is 3. The lowest BCUT2D eigenvalue weighted by molar-refractivity contribution is -0.120. The van der Waals surface area contributed by atoms with Gasteiger partial charge in [0.1, 0.15) is 11.7 Å². The van der Waals surface area contributed by atoms with Gasteiger partial charge in [0, 0.05) is 32.4 Å². The number of aliphatic imine (C=N–C) groups is 2. The molecule has 1 aromatic carbocycles. The zero-order chi connectivity index (χ0) is 17.2. The highest BCUT2D eigenvalue weighted by molar-refractivity contribution is 6.14. The molecule has 1 fully saturated rings. The van der Waals surface area contributed by atoms with Crippen LogP contribution in [0.15, 0.2) is 34.3 Å². The molecule has 1 N–H and O–H groups in total. The first-order valence-corrected chi connectivity index (χ1v) is 9.00. The van der Waals surface area contributed by atoms with Crippen LogP contribution in [0.2, 0.25) is 0 Å². The summed E-state index contributed by atoms with van der Waals surface area (Å²) in [6.07, 6.45) is 3.03. The van der Waals surface area contributed by atoms with Gasteiger partial charge in [0.25, 0.3) is 0 Å². The third kappa shape index (κ3) is 3.44. The molecule has 6 heteroatoms. The number of hydrogen-bond acceptors (Lipinski definition) is 5. The van der Waals surface area contributed by atoms with Crippen LogP contribution in [0.25, 0.3) is 0 Å². The lowest BCUT2D eigenvalue weighted by atomic mass is 9.89. The van der Waals surface area contributed by atoms with E-state index in [1.807, 2.05) is 19.2 Å². The molecule has 3 heterocycles. The zero-order valence-electron chi connectivity index (χ0n) is 14.6. The fourth-order valence-corrected chi connectivity index (χ4v) is 3.86. The first kappa shape index (κ1) is 16.3. The number of hydrogen-bond donors (Lipinski definition) is 1. The second kappa shape index (κ2) is 6.96. The Morgan fingerprint density at radius 1 is 1.28 bits per heavy atom. The maximum Gasteiger partial charge on any atom is 0.227 e. The number of amidine groups is 2. The summed E-state index contributed by atoms with van der Waals surface area (Å²) in [5, 5.41) is 2.95. The predicted molar refractivity (Wildman–Crippen MR) is 98.1 cm³/mol. The molecule has 4 rings (SSSR count). The van der Waals surface area contributed by atoms with Crippen molar-refractivity contribution in [1.29, 1.82) is 0 Å². The van der Waals surface area contributed by atoms with Crippen molar-refractivity contribution in [1.82, 2.24) is 5.32 Å². The minimum absolute atomic E-state index is 0.0703. The van der Waals surface area contributed by atoms with E-state index in [9.17, 15) is 4.79 Å². The van der Waals surface area contributed by atoms with Gasteiger partial charge >= 0.3 is 0 Å². The second-order valence-electron chi connectivity index (χ2n) is 6.94. The first-order valence-electron chi connectivity index (χ1n) is 9.00. The molecule has 3 aliphatic heterocycles. The molecule has 1 saturated heterocycles. The summed E-state index contributed by atoms with van der Waals surface area (Å²) in [6, 6.07) is 8.37. The third-order valence-corrected chi connectivity index (χ3v) is 5.31. The van der Waals surface area contributed by atoms with Crippen molar-refractivity contribution in [3.05, 3.63) is 29.8 Å². The van der Waals surface area contributed by atoms with Crippen LogP contribution in [0.3, 0.4) is 0 Å². The van der Waals surface area contributed by atoms with Crippen LogP contribution in [0.1, 0.15) is 31.2 Å². The Morgan fingerprint density at radius 3 is 2.92 bits per heavy atom. The van der Waals surface area contributed by atoms with Crippen molar-refractivity contribution >= 4 is 23.3 Å². The van der Waals surface area contributed by atoms with Gasteiger partial charge in [0.15, 0.2) is 0 Å². The Kier molecular flexibility index (Phi) is 4.53. The van der Waals surface area contributed by atoms with E-state index in [4.69, 9.17) is 14.7 Å². The Morgan fingerprint density at radius 2 is 2.08 bits per heavy atom. The smallest absolute Gasteiger partial charge is 0.227 e. The van der Waals surface area contributed by atoms with Gasteiger partial charge in [-0.2, -0.15) is 0 Å². The quantitative estimate of drug-likeness (QED) is 0.917. The molecule has 6 nitrogen and oxygen atoms in total. The molecule has 132 valence electrons. The third-order valence-electron chi connectivity index (χ3n) is 5.31. The number of carbonyl (C=O) groups is 1. The van der Waals surface area contributed by atoms with Gasteiger partial charge < -0.3 is 15.0 Å². The standard InChI is InChI=1S/C19H24N4O2/c1-23-16-5-3-2-4-14(16)12-20-18(23)11-17-21-15(10-19(24)22-17)13-6-8-25-9-7-13/h2-5,13,15H,6-12H2,1H3,(H,21,22,24). The highest BCUT2D eigenvalue weighted by atomic mass is 16.5. The van der Waals surface area contributed by atoms with Crippen LogP contribution in [0.4, 0.5) is 5.69 Å². The molecule has 1 amide bonds. The maximum absolute atomic E-state index is 12.2. The van der Waals surface area contributed by atoms with E-state index in [1.54, 1.807) is 0 Å². The molecule has 1 atom stereocenters. The Balaban J connectivity index is 1.50. The van der Waals surface area contributed by atoms with Crippen molar-refractivity contribution in [2.45, 2.75) is 38.3 Å². The van der Waals surface area contributed by atoms with Gasteiger partial charge in [-0.1, -0.05) is 18.2 Å². The van der Waals surface area contributed by atoms with E-state index in [1.165, 1.54) is 11.3 Å². The highest BCUT2D eigenvalue weighted by Crippen LogP contribution is 2.27. The lowest BCUT2D eigenvalue weighted by Gasteiger charge is -2.32. The van der Waals surface area contributed by atoms with Crippen molar-refractivity contribution in [3.63, 3.8) is 0 Å². The van der Waals surface area contributed by atoms with E-state index >= 15 is 0 Å². The fourth-order valence-electron chi connectivity index (χ4n) is 3.86. The normalized spacial score (nSPS) is 24.3. The molecular weight excluding hydrogens is 316 g/mol. The van der Waals surface area contributed by atoms with E-state index in [2.05, 4.69) is 22.3 Å². The van der Waals surface area contributed by atoms with Crippen molar-refractivity contribution in [3.8, 4) is 0 Å². The minimum atomic E-state index is 0.0703. The van der Waals surface area contributed by atoms with Crippen LogP contribution in [0.5, 0.6) is 0 Å². The number of anilines is 1. The summed E-state index contributed by atoms with van der Waals surface area (Å²) in [5.41, 5.74) is 2.40. The summed E-state index contributed by atoms with van der Waals surface area (Å²) >= 11 is 0. The van der Waals surface area contributed by atoms with Gasteiger partial charge in [0.2, 0.25) is 5.91 Å². The fraction of sp³-hybridized carbons (Fsp3) is 0.526. The Hall–Kier alpha value is -2.21. The molecular formula is C19H24N4O2. The largest absolute Gasteiger partial charge is 0.381 e. The molecule has 25 heavy (non-hydrogen) atoms. The lowest BCUT2D eigenvalue weighted by Crippen LogP contribution is -2.44. The number of para-hydroxylation sites is 1.